The number of carboxylic acids is 2. The molecule has 1 amide bonds. The minimum absolute atomic E-state index is 0. The Bertz CT molecular complexity index is 333. The van der Waals surface area contributed by atoms with Crippen molar-refractivity contribution in [3.8, 4) is 0 Å². The normalized spacial score (nSPS) is 9.96. The summed E-state index contributed by atoms with van der Waals surface area (Å²) in [5, 5.41) is 19.2. The van der Waals surface area contributed by atoms with Crippen LogP contribution in [0.3, 0.4) is 0 Å². The maximum atomic E-state index is 11.8. The molecule has 0 aromatic rings. The quantitative estimate of drug-likeness (QED) is 0.310. The van der Waals surface area contributed by atoms with Gasteiger partial charge in [-0.05, 0) is 6.42 Å². The summed E-state index contributed by atoms with van der Waals surface area (Å²) in [6.07, 6.45) is 10.2. The van der Waals surface area contributed by atoms with Crippen LogP contribution in [0, 0.1) is 0 Å². The summed E-state index contributed by atoms with van der Waals surface area (Å²) in [5.41, 5.74) is 0. The number of hydrogen-bond acceptors (Lipinski definition) is 4. The Morgan fingerprint density at radius 1 is 0.870 bits per heavy atom. The van der Waals surface area contributed by atoms with Crippen LogP contribution in [0.15, 0.2) is 0 Å². The fourth-order valence-electron chi connectivity index (χ4n) is 2.30. The third-order valence-corrected chi connectivity index (χ3v) is 3.49. The van der Waals surface area contributed by atoms with Crippen molar-refractivity contribution in [2.24, 2.45) is 0 Å². The first-order chi connectivity index (χ1) is 10.5. The summed E-state index contributed by atoms with van der Waals surface area (Å²) in [6.45, 7) is 0.928. The van der Waals surface area contributed by atoms with Crippen molar-refractivity contribution in [2.45, 2.75) is 71.1 Å². The number of rotatable bonds is 14. The first-order valence-corrected chi connectivity index (χ1v) is 8.16. The van der Waals surface area contributed by atoms with E-state index in [-0.39, 0.29) is 36.0 Å². The maximum absolute atomic E-state index is 11.8. The van der Waals surface area contributed by atoms with Gasteiger partial charge >= 0.3 is 35.5 Å². The van der Waals surface area contributed by atoms with E-state index in [0.717, 1.165) is 24.2 Å². The molecule has 0 aliphatic heterocycles. The molecule has 0 aromatic carbocycles. The summed E-state index contributed by atoms with van der Waals surface area (Å²) in [5.74, 6) is -3.10. The molecule has 0 saturated heterocycles. The summed E-state index contributed by atoms with van der Waals surface area (Å²) in [4.78, 5) is 33.7. The largest absolute Gasteiger partial charge is 1.00 e. The second-order valence-corrected chi connectivity index (χ2v) is 5.59. The molecule has 6 nitrogen and oxygen atoms in total. The van der Waals surface area contributed by atoms with Gasteiger partial charge in [0.15, 0.2) is 0 Å². The second-order valence-electron chi connectivity index (χ2n) is 5.59. The average Bonchev–Trinajstić information content (AvgIpc) is 2.43. The van der Waals surface area contributed by atoms with E-state index in [1.54, 1.807) is 0 Å². The van der Waals surface area contributed by atoms with Crippen LogP contribution in [-0.2, 0) is 14.4 Å². The van der Waals surface area contributed by atoms with Crippen LogP contribution in [0.4, 0.5) is 0 Å². The summed E-state index contributed by atoms with van der Waals surface area (Å²) in [6, 6.07) is 0. The Morgan fingerprint density at radius 2 is 1.35 bits per heavy atom. The molecule has 23 heavy (non-hydrogen) atoms. The van der Waals surface area contributed by atoms with Crippen LogP contribution < -0.4 is 34.7 Å². The summed E-state index contributed by atoms with van der Waals surface area (Å²) in [7, 11) is 0. The number of hydrogen-bond donors (Lipinski definition) is 1. The van der Waals surface area contributed by atoms with E-state index in [0.29, 0.717) is 6.42 Å². The van der Waals surface area contributed by atoms with Gasteiger partial charge in [-0.2, -0.15) is 0 Å². The summed E-state index contributed by atoms with van der Waals surface area (Å²) < 4.78 is 0. The van der Waals surface area contributed by atoms with Crippen LogP contribution >= 0.6 is 0 Å². The second kappa shape index (κ2) is 16.3. The van der Waals surface area contributed by atoms with Crippen molar-refractivity contribution < 1.29 is 54.2 Å². The SMILES string of the molecule is CCCCCCCCCCCC(=O)N(CC(=O)[O-])CC(=O)O.[Na+]. The standard InChI is InChI=1S/C16H29NO5.Na/c1-2-3-4-5-6-7-8-9-10-11-14(18)17(12-15(19)20)13-16(21)22;/h2-13H2,1H3,(H,19,20)(H,21,22);/q;+1/p-1. The molecular formula is C16H28NNaO5. The van der Waals surface area contributed by atoms with Gasteiger partial charge in [-0.1, -0.05) is 58.3 Å². The average molecular weight is 337 g/mol. The third kappa shape index (κ3) is 16.1. The molecule has 1 N–H and O–H groups in total. The minimum Gasteiger partial charge on any atom is -0.548 e. The first-order valence-electron chi connectivity index (χ1n) is 8.16. The number of carboxylic acid groups (broad SMARTS) is 2. The van der Waals surface area contributed by atoms with Crippen molar-refractivity contribution in [1.82, 2.24) is 4.90 Å². The molecule has 7 heteroatoms. The smallest absolute Gasteiger partial charge is 0.548 e. The van der Waals surface area contributed by atoms with E-state index >= 15 is 0 Å². The fourth-order valence-corrected chi connectivity index (χ4v) is 2.30. The minimum atomic E-state index is -1.44. The van der Waals surface area contributed by atoms with Crippen LogP contribution in [0.2, 0.25) is 0 Å². The molecule has 0 unspecified atom stereocenters. The zero-order valence-electron chi connectivity index (χ0n) is 14.5. The van der Waals surface area contributed by atoms with Crippen molar-refractivity contribution in [2.75, 3.05) is 13.1 Å². The topological polar surface area (TPSA) is 97.7 Å². The molecule has 0 aliphatic carbocycles. The summed E-state index contributed by atoms with van der Waals surface area (Å²) >= 11 is 0. The molecule has 0 aliphatic rings. The van der Waals surface area contributed by atoms with Gasteiger partial charge in [-0.25, -0.2) is 0 Å². The molecule has 0 rings (SSSR count). The van der Waals surface area contributed by atoms with Crippen LogP contribution in [-0.4, -0.2) is 40.9 Å². The Morgan fingerprint density at radius 3 is 1.78 bits per heavy atom. The van der Waals surface area contributed by atoms with E-state index in [2.05, 4.69) is 6.92 Å². The van der Waals surface area contributed by atoms with Gasteiger partial charge < -0.3 is 19.9 Å². The molecule has 0 heterocycles. The van der Waals surface area contributed by atoms with E-state index in [9.17, 15) is 19.5 Å². The molecule has 0 atom stereocenters. The fraction of sp³-hybridized carbons (Fsp3) is 0.812. The number of nitrogens with zero attached hydrogens (tertiary/aromatic N) is 1. The van der Waals surface area contributed by atoms with E-state index in [1.807, 2.05) is 0 Å². The van der Waals surface area contributed by atoms with Crippen molar-refractivity contribution >= 4 is 17.8 Å². The van der Waals surface area contributed by atoms with Gasteiger partial charge in [-0.15, -0.1) is 0 Å². The molecular weight excluding hydrogens is 309 g/mol. The molecule has 0 aromatic heterocycles. The molecule has 0 saturated carbocycles. The predicted octanol–water partition coefficient (Wildman–Crippen LogP) is -1.43. The van der Waals surface area contributed by atoms with Gasteiger partial charge in [-0.3, -0.25) is 9.59 Å². The number of carbonyl (C=O) groups is 3. The van der Waals surface area contributed by atoms with E-state index < -0.39 is 30.9 Å². The van der Waals surface area contributed by atoms with Gasteiger partial charge in [0.05, 0.1) is 12.5 Å². The van der Waals surface area contributed by atoms with Crippen molar-refractivity contribution in [1.29, 1.82) is 0 Å². The van der Waals surface area contributed by atoms with Gasteiger partial charge in [0, 0.05) is 6.42 Å². The number of unbranched alkanes of at least 4 members (excludes halogenated alkanes) is 8. The van der Waals surface area contributed by atoms with E-state index in [4.69, 9.17) is 5.11 Å². The number of amides is 1. The van der Waals surface area contributed by atoms with Gasteiger partial charge in [0.25, 0.3) is 0 Å². The molecule has 0 fully saturated rings. The Hall–Kier alpha value is -0.590. The van der Waals surface area contributed by atoms with Gasteiger partial charge in [0.2, 0.25) is 5.91 Å². The molecule has 0 spiro atoms. The Labute approximate surface area is 160 Å². The zero-order chi connectivity index (χ0) is 16.8. The maximum Gasteiger partial charge on any atom is 1.00 e. The van der Waals surface area contributed by atoms with Crippen molar-refractivity contribution in [3.05, 3.63) is 0 Å². The monoisotopic (exact) mass is 337 g/mol. The van der Waals surface area contributed by atoms with Crippen LogP contribution in [0.25, 0.3) is 0 Å². The molecule has 128 valence electrons. The zero-order valence-corrected chi connectivity index (χ0v) is 16.5. The third-order valence-electron chi connectivity index (χ3n) is 3.49. The predicted molar refractivity (Wildman–Crippen MR) is 81.1 cm³/mol. The van der Waals surface area contributed by atoms with Crippen LogP contribution in [0.1, 0.15) is 71.1 Å². The van der Waals surface area contributed by atoms with E-state index in [1.165, 1.54) is 32.1 Å². The van der Waals surface area contributed by atoms with Gasteiger partial charge in [0.1, 0.15) is 6.54 Å². The van der Waals surface area contributed by atoms with Crippen LogP contribution in [0.5, 0.6) is 0 Å². The number of aliphatic carboxylic acids is 2. The Kier molecular flexibility index (Phi) is 17.4. The molecule has 0 radical (unpaired) electrons. The first kappa shape index (κ1) is 24.7. The molecule has 0 bridgehead atoms. The van der Waals surface area contributed by atoms with Crippen molar-refractivity contribution in [3.63, 3.8) is 0 Å². The number of carbonyl (C=O) groups excluding carboxylic acids is 2. The Balaban J connectivity index is 0.